The maximum absolute atomic E-state index is 5.77. The number of anilines is 2. The number of hydrogen-bond acceptors (Lipinski definition) is 3. The lowest BCUT2D eigenvalue weighted by Crippen LogP contribution is -2.34. The number of hydrogen-bond donors (Lipinski definition) is 2. The van der Waals surface area contributed by atoms with Crippen molar-refractivity contribution >= 4 is 27.4 Å². The molecule has 4 heteroatoms. The monoisotopic (exact) mass is 269 g/mol. The van der Waals surface area contributed by atoms with Crippen molar-refractivity contribution in [3.63, 3.8) is 0 Å². The minimum absolute atomic E-state index is 0.576. The topological polar surface area (TPSA) is 50.9 Å². The molecule has 0 radical (unpaired) electrons. The second-order valence-electron chi connectivity index (χ2n) is 4.42. The van der Waals surface area contributed by atoms with Crippen LogP contribution in [0.3, 0.4) is 0 Å². The summed E-state index contributed by atoms with van der Waals surface area (Å²) >= 11 is 3.52. The number of nitrogens with zero attached hydrogens (tertiary/aromatic N) is 1. The van der Waals surface area contributed by atoms with E-state index in [2.05, 4.69) is 33.2 Å². The summed E-state index contributed by atoms with van der Waals surface area (Å²) in [6.07, 6.45) is 4.18. The number of nitrogens with two attached hydrogens (primary N) is 1. The van der Waals surface area contributed by atoms with Crippen LogP contribution < -0.4 is 11.1 Å². The van der Waals surface area contributed by atoms with E-state index in [1.807, 2.05) is 6.92 Å². The van der Waals surface area contributed by atoms with Gasteiger partial charge in [-0.2, -0.15) is 0 Å². The largest absolute Gasteiger partial charge is 0.397 e. The van der Waals surface area contributed by atoms with Gasteiger partial charge >= 0.3 is 0 Å². The van der Waals surface area contributed by atoms with Crippen LogP contribution in [-0.2, 0) is 0 Å². The van der Waals surface area contributed by atoms with Gasteiger partial charge in [-0.25, -0.2) is 4.98 Å². The summed E-state index contributed by atoms with van der Waals surface area (Å²) < 4.78 is 0.988. The van der Waals surface area contributed by atoms with Crippen LogP contribution in [0.15, 0.2) is 10.7 Å². The SMILES string of the molecule is Cc1c(N)cnc(NC2CC(C)C2)c1Br. The lowest BCUT2D eigenvalue weighted by molar-refractivity contribution is 0.308. The van der Waals surface area contributed by atoms with E-state index in [1.165, 1.54) is 12.8 Å². The molecule has 82 valence electrons. The normalized spacial score (nSPS) is 24.7. The van der Waals surface area contributed by atoms with Crippen molar-refractivity contribution in [2.24, 2.45) is 5.92 Å². The average Bonchev–Trinajstić information content (AvgIpc) is 2.16. The molecule has 0 atom stereocenters. The molecule has 1 saturated carbocycles. The highest BCUT2D eigenvalue weighted by atomic mass is 79.9. The van der Waals surface area contributed by atoms with Crippen LogP contribution in [-0.4, -0.2) is 11.0 Å². The van der Waals surface area contributed by atoms with E-state index in [1.54, 1.807) is 6.20 Å². The fourth-order valence-electron chi connectivity index (χ4n) is 1.91. The minimum atomic E-state index is 0.576. The van der Waals surface area contributed by atoms with Crippen LogP contribution in [0.25, 0.3) is 0 Å². The van der Waals surface area contributed by atoms with E-state index in [0.717, 1.165) is 27.5 Å². The molecular formula is C11H16BrN3. The Kier molecular flexibility index (Phi) is 2.87. The van der Waals surface area contributed by atoms with Crippen molar-refractivity contribution in [3.05, 3.63) is 16.2 Å². The van der Waals surface area contributed by atoms with Crippen LogP contribution in [0, 0.1) is 12.8 Å². The van der Waals surface area contributed by atoms with Crippen LogP contribution in [0.1, 0.15) is 25.3 Å². The van der Waals surface area contributed by atoms with E-state index in [0.29, 0.717) is 6.04 Å². The molecule has 1 aromatic heterocycles. The molecule has 1 aliphatic carbocycles. The molecule has 0 aromatic carbocycles. The molecule has 1 aliphatic rings. The lowest BCUT2D eigenvalue weighted by Gasteiger charge is -2.34. The van der Waals surface area contributed by atoms with Crippen LogP contribution in [0.4, 0.5) is 11.5 Å². The summed E-state index contributed by atoms with van der Waals surface area (Å²) in [5, 5.41) is 3.43. The Bertz CT molecular complexity index is 372. The van der Waals surface area contributed by atoms with Crippen molar-refractivity contribution in [3.8, 4) is 0 Å². The Morgan fingerprint density at radius 2 is 2.20 bits per heavy atom. The highest BCUT2D eigenvalue weighted by Crippen LogP contribution is 2.33. The summed E-state index contributed by atoms with van der Waals surface area (Å²) in [6.45, 7) is 4.27. The number of aromatic nitrogens is 1. The number of pyridine rings is 1. The molecular weight excluding hydrogens is 254 g/mol. The first kappa shape index (κ1) is 10.7. The third-order valence-corrected chi connectivity index (χ3v) is 3.99. The lowest BCUT2D eigenvalue weighted by atomic mass is 9.82. The summed E-state index contributed by atoms with van der Waals surface area (Å²) in [4.78, 5) is 4.30. The molecule has 15 heavy (non-hydrogen) atoms. The van der Waals surface area contributed by atoms with Gasteiger partial charge in [0, 0.05) is 6.04 Å². The zero-order chi connectivity index (χ0) is 11.0. The van der Waals surface area contributed by atoms with Gasteiger partial charge in [0.15, 0.2) is 0 Å². The fourth-order valence-corrected chi connectivity index (χ4v) is 2.35. The number of halogens is 1. The Labute approximate surface area is 98.6 Å². The van der Waals surface area contributed by atoms with Crippen molar-refractivity contribution in [2.75, 3.05) is 11.1 Å². The average molecular weight is 270 g/mol. The van der Waals surface area contributed by atoms with Gasteiger partial charge in [-0.3, -0.25) is 0 Å². The summed E-state index contributed by atoms with van der Waals surface area (Å²) in [5.74, 6) is 1.76. The molecule has 0 aliphatic heterocycles. The van der Waals surface area contributed by atoms with Crippen molar-refractivity contribution in [1.82, 2.24) is 4.98 Å². The van der Waals surface area contributed by atoms with Gasteiger partial charge in [-0.05, 0) is 47.2 Å². The molecule has 0 bridgehead atoms. The van der Waals surface area contributed by atoms with E-state index < -0.39 is 0 Å². The summed E-state index contributed by atoms with van der Waals surface area (Å²) in [5.41, 5.74) is 7.55. The smallest absolute Gasteiger partial charge is 0.140 e. The van der Waals surface area contributed by atoms with Gasteiger partial charge in [-0.1, -0.05) is 6.92 Å². The van der Waals surface area contributed by atoms with Crippen molar-refractivity contribution < 1.29 is 0 Å². The summed E-state index contributed by atoms with van der Waals surface area (Å²) in [7, 11) is 0. The maximum Gasteiger partial charge on any atom is 0.140 e. The molecule has 2 rings (SSSR count). The Morgan fingerprint density at radius 1 is 1.53 bits per heavy atom. The Balaban J connectivity index is 2.12. The minimum Gasteiger partial charge on any atom is -0.397 e. The molecule has 0 amide bonds. The van der Waals surface area contributed by atoms with Crippen LogP contribution in [0.5, 0.6) is 0 Å². The molecule has 0 saturated heterocycles. The molecule has 0 spiro atoms. The highest BCUT2D eigenvalue weighted by molar-refractivity contribution is 9.10. The molecule has 1 heterocycles. The van der Waals surface area contributed by atoms with E-state index in [4.69, 9.17) is 5.73 Å². The van der Waals surface area contributed by atoms with Gasteiger partial charge < -0.3 is 11.1 Å². The van der Waals surface area contributed by atoms with Crippen LogP contribution in [0.2, 0.25) is 0 Å². The van der Waals surface area contributed by atoms with Gasteiger partial charge in [0.25, 0.3) is 0 Å². The maximum atomic E-state index is 5.77. The molecule has 1 fully saturated rings. The Hall–Kier alpha value is -0.770. The van der Waals surface area contributed by atoms with E-state index >= 15 is 0 Å². The van der Waals surface area contributed by atoms with Crippen LogP contribution >= 0.6 is 15.9 Å². The quantitative estimate of drug-likeness (QED) is 0.868. The molecule has 0 unspecified atom stereocenters. The number of nitrogen functional groups attached to an aromatic ring is 1. The fraction of sp³-hybridized carbons (Fsp3) is 0.545. The van der Waals surface area contributed by atoms with Gasteiger partial charge in [0.05, 0.1) is 16.4 Å². The van der Waals surface area contributed by atoms with Gasteiger partial charge in [0.2, 0.25) is 0 Å². The molecule has 3 nitrogen and oxygen atoms in total. The van der Waals surface area contributed by atoms with Crippen molar-refractivity contribution in [2.45, 2.75) is 32.7 Å². The second kappa shape index (κ2) is 4.00. The number of nitrogens with one attached hydrogen (secondary N) is 1. The predicted molar refractivity (Wildman–Crippen MR) is 66.9 cm³/mol. The van der Waals surface area contributed by atoms with Gasteiger partial charge in [-0.15, -0.1) is 0 Å². The van der Waals surface area contributed by atoms with E-state index in [-0.39, 0.29) is 0 Å². The first-order valence-corrected chi connectivity index (χ1v) is 6.04. The third kappa shape index (κ3) is 2.09. The summed E-state index contributed by atoms with van der Waals surface area (Å²) in [6, 6.07) is 0.576. The third-order valence-electron chi connectivity index (χ3n) is 3.02. The molecule has 1 aromatic rings. The number of rotatable bonds is 2. The van der Waals surface area contributed by atoms with E-state index in [9.17, 15) is 0 Å². The zero-order valence-electron chi connectivity index (χ0n) is 9.05. The second-order valence-corrected chi connectivity index (χ2v) is 5.21. The highest BCUT2D eigenvalue weighted by Gasteiger charge is 2.26. The predicted octanol–water partition coefficient (Wildman–Crippen LogP) is 2.95. The first-order valence-electron chi connectivity index (χ1n) is 5.25. The first-order chi connectivity index (χ1) is 7.08. The Morgan fingerprint density at radius 3 is 2.80 bits per heavy atom. The van der Waals surface area contributed by atoms with Crippen molar-refractivity contribution in [1.29, 1.82) is 0 Å². The zero-order valence-corrected chi connectivity index (χ0v) is 10.6. The molecule has 3 N–H and O–H groups in total. The van der Waals surface area contributed by atoms with Gasteiger partial charge in [0.1, 0.15) is 5.82 Å². The standard InChI is InChI=1S/C11H16BrN3/c1-6-3-8(4-6)15-11-10(12)7(2)9(13)5-14-11/h5-6,8H,3-4,13H2,1-2H3,(H,14,15).